The van der Waals surface area contributed by atoms with E-state index in [-0.39, 0.29) is 43.9 Å². The van der Waals surface area contributed by atoms with Crippen LogP contribution >= 0.6 is 0 Å². The van der Waals surface area contributed by atoms with Gasteiger partial charge in [-0.1, -0.05) is 20.8 Å². The van der Waals surface area contributed by atoms with E-state index in [0.717, 1.165) is 4.57 Å². The van der Waals surface area contributed by atoms with Gasteiger partial charge in [0.15, 0.2) is 17.5 Å². The number of carbonyl (C=O) groups is 2. The van der Waals surface area contributed by atoms with Gasteiger partial charge >= 0.3 is 6.18 Å². The van der Waals surface area contributed by atoms with Crippen LogP contribution in [0.5, 0.6) is 0 Å². The highest BCUT2D eigenvalue weighted by Gasteiger charge is 2.40. The van der Waals surface area contributed by atoms with E-state index >= 15 is 0 Å². The van der Waals surface area contributed by atoms with Gasteiger partial charge in [-0.3, -0.25) is 9.59 Å². The fraction of sp³-hybridized carbons (Fsp3) is 0.524. The minimum absolute atomic E-state index is 0.0474. The van der Waals surface area contributed by atoms with E-state index in [9.17, 15) is 35.9 Å². The van der Waals surface area contributed by atoms with E-state index in [2.05, 4.69) is 15.5 Å². The summed E-state index contributed by atoms with van der Waals surface area (Å²) in [4.78, 5) is 26.7. The number of halogens is 6. The molecule has 1 N–H and O–H groups in total. The number of hydrogen-bond acceptors (Lipinski definition) is 4. The molecule has 1 unspecified atom stereocenters. The van der Waals surface area contributed by atoms with Crippen LogP contribution in [-0.4, -0.2) is 44.1 Å². The minimum Gasteiger partial charge on any atom is -0.352 e. The molecule has 1 aromatic heterocycles. The molecule has 0 fully saturated rings. The van der Waals surface area contributed by atoms with Crippen LogP contribution in [0.3, 0.4) is 0 Å². The number of aromatic nitrogens is 3. The van der Waals surface area contributed by atoms with Crippen molar-refractivity contribution < 1.29 is 35.9 Å². The van der Waals surface area contributed by atoms with Gasteiger partial charge in [0.2, 0.25) is 17.6 Å². The zero-order valence-corrected chi connectivity index (χ0v) is 18.6. The molecule has 3 rings (SSSR count). The Morgan fingerprint density at radius 3 is 2.29 bits per heavy atom. The van der Waals surface area contributed by atoms with Crippen molar-refractivity contribution in [2.24, 2.45) is 5.41 Å². The van der Waals surface area contributed by atoms with Crippen LogP contribution in [0.4, 0.5) is 26.3 Å². The number of carbonyl (C=O) groups excluding carboxylic acids is 2. The van der Waals surface area contributed by atoms with E-state index in [1.165, 1.54) is 4.90 Å². The Morgan fingerprint density at radius 1 is 1.03 bits per heavy atom. The quantitative estimate of drug-likeness (QED) is 0.515. The molecule has 1 aliphatic heterocycles. The molecule has 0 saturated heterocycles. The number of alkyl halides is 3. The molecule has 0 radical (unpaired) electrons. The van der Waals surface area contributed by atoms with Crippen molar-refractivity contribution in [2.75, 3.05) is 6.54 Å². The van der Waals surface area contributed by atoms with Crippen molar-refractivity contribution in [3.05, 3.63) is 46.8 Å². The molecule has 0 aliphatic carbocycles. The summed E-state index contributed by atoms with van der Waals surface area (Å²) in [6.45, 7) is 4.38. The second kappa shape index (κ2) is 9.26. The number of nitrogens with zero attached hydrogens (tertiary/aromatic N) is 4. The lowest BCUT2D eigenvalue weighted by Gasteiger charge is -2.30. The van der Waals surface area contributed by atoms with Crippen molar-refractivity contribution in [3.63, 3.8) is 0 Å². The van der Waals surface area contributed by atoms with Crippen molar-refractivity contribution in [1.82, 2.24) is 25.0 Å². The zero-order valence-electron chi connectivity index (χ0n) is 18.6. The first-order valence-corrected chi connectivity index (χ1v) is 10.4. The van der Waals surface area contributed by atoms with E-state index in [1.54, 1.807) is 20.8 Å². The molecule has 0 bridgehead atoms. The maximum Gasteiger partial charge on any atom is 0.451 e. The average Bonchev–Trinajstić information content (AvgIpc) is 3.14. The summed E-state index contributed by atoms with van der Waals surface area (Å²) in [5.74, 6) is -5.88. The summed E-state index contributed by atoms with van der Waals surface area (Å²) >= 11 is 0. The lowest BCUT2D eigenvalue weighted by Crippen LogP contribution is -2.47. The molecule has 1 aliphatic rings. The largest absolute Gasteiger partial charge is 0.451 e. The third kappa shape index (κ3) is 5.68. The molecule has 0 spiro atoms. The Balaban J connectivity index is 1.78. The highest BCUT2D eigenvalue weighted by molar-refractivity contribution is 5.83. The Hall–Kier alpha value is -3.12. The first-order valence-electron chi connectivity index (χ1n) is 10.4. The molecule has 2 amide bonds. The van der Waals surface area contributed by atoms with Gasteiger partial charge in [0.1, 0.15) is 5.82 Å². The van der Waals surface area contributed by atoms with Gasteiger partial charge in [0.25, 0.3) is 0 Å². The van der Waals surface area contributed by atoms with Crippen LogP contribution in [0.2, 0.25) is 0 Å². The summed E-state index contributed by atoms with van der Waals surface area (Å²) < 4.78 is 81.1. The highest BCUT2D eigenvalue weighted by atomic mass is 19.4. The van der Waals surface area contributed by atoms with E-state index < -0.39 is 52.7 Å². The molecule has 34 heavy (non-hydrogen) atoms. The van der Waals surface area contributed by atoms with E-state index in [1.807, 2.05) is 0 Å². The molecule has 0 saturated carbocycles. The maximum absolute atomic E-state index is 14.2. The average molecular weight is 491 g/mol. The normalized spacial score (nSPS) is 15.1. The second-order valence-corrected chi connectivity index (χ2v) is 9.09. The number of amides is 2. The van der Waals surface area contributed by atoms with E-state index in [0.29, 0.717) is 12.1 Å². The standard InChI is InChI=1S/C21H23F6N5O2/c1-20(2,3)19(34)28-12(6-11-7-14(23)15(24)9-13(11)22)8-17(33)31-4-5-32-16(10-31)29-30-18(32)21(25,26)27/h7,9,12H,4-6,8,10H2,1-3H3,(H,28,34). The summed E-state index contributed by atoms with van der Waals surface area (Å²) in [7, 11) is 0. The molecular formula is C21H23F6N5O2. The highest BCUT2D eigenvalue weighted by Crippen LogP contribution is 2.29. The summed E-state index contributed by atoms with van der Waals surface area (Å²) in [5, 5.41) is 9.30. The molecule has 2 aromatic rings. The molecule has 1 aromatic carbocycles. The lowest BCUT2D eigenvalue weighted by atomic mass is 9.93. The first kappa shape index (κ1) is 25.5. The Morgan fingerprint density at radius 2 is 1.68 bits per heavy atom. The zero-order chi connectivity index (χ0) is 25.4. The number of benzene rings is 1. The van der Waals surface area contributed by atoms with Crippen LogP contribution in [0.15, 0.2) is 12.1 Å². The monoisotopic (exact) mass is 491 g/mol. The van der Waals surface area contributed by atoms with Crippen LogP contribution < -0.4 is 5.32 Å². The molecule has 186 valence electrons. The van der Waals surface area contributed by atoms with Gasteiger partial charge in [-0.25, -0.2) is 13.2 Å². The maximum atomic E-state index is 14.2. The van der Waals surface area contributed by atoms with Gasteiger partial charge in [-0.2, -0.15) is 13.2 Å². The molecule has 1 atom stereocenters. The third-order valence-electron chi connectivity index (χ3n) is 5.35. The lowest BCUT2D eigenvalue weighted by molar-refractivity contribution is -0.148. The van der Waals surface area contributed by atoms with Crippen molar-refractivity contribution >= 4 is 11.8 Å². The SMILES string of the molecule is CC(C)(C)C(=O)NC(CC(=O)N1CCn2c(nnc2C(F)(F)F)C1)Cc1cc(F)c(F)cc1F. The third-order valence-corrected chi connectivity index (χ3v) is 5.35. The van der Waals surface area contributed by atoms with Crippen LogP contribution in [0.1, 0.15) is 44.4 Å². The Kier molecular flexibility index (Phi) is 6.94. The van der Waals surface area contributed by atoms with Gasteiger partial charge in [0.05, 0.1) is 6.54 Å². The van der Waals surface area contributed by atoms with Gasteiger partial charge in [-0.05, 0) is 18.1 Å². The van der Waals surface area contributed by atoms with Crippen LogP contribution in [-0.2, 0) is 35.3 Å². The van der Waals surface area contributed by atoms with Gasteiger partial charge in [-0.15, -0.1) is 10.2 Å². The number of hydrogen-bond donors (Lipinski definition) is 1. The number of fused-ring (bicyclic) bond motifs is 1. The first-order chi connectivity index (χ1) is 15.7. The van der Waals surface area contributed by atoms with Crippen LogP contribution in [0.25, 0.3) is 0 Å². The van der Waals surface area contributed by atoms with Gasteiger partial charge in [0, 0.05) is 37.0 Å². The second-order valence-electron chi connectivity index (χ2n) is 9.09. The van der Waals surface area contributed by atoms with Crippen molar-refractivity contribution in [1.29, 1.82) is 0 Å². The molecule has 13 heteroatoms. The number of nitrogens with one attached hydrogen (secondary N) is 1. The Labute approximate surface area is 191 Å². The summed E-state index contributed by atoms with van der Waals surface area (Å²) in [6.07, 6.45) is -5.34. The van der Waals surface area contributed by atoms with Crippen molar-refractivity contribution in [3.8, 4) is 0 Å². The predicted octanol–water partition coefficient (Wildman–Crippen LogP) is 3.22. The van der Waals surface area contributed by atoms with E-state index in [4.69, 9.17) is 0 Å². The topological polar surface area (TPSA) is 80.1 Å². The molecular weight excluding hydrogens is 468 g/mol. The van der Waals surface area contributed by atoms with Gasteiger partial charge < -0.3 is 14.8 Å². The molecule has 7 nitrogen and oxygen atoms in total. The Bertz CT molecular complexity index is 1090. The predicted molar refractivity (Wildman–Crippen MR) is 106 cm³/mol. The fourth-order valence-corrected chi connectivity index (χ4v) is 3.48. The molecule has 2 heterocycles. The van der Waals surface area contributed by atoms with Crippen LogP contribution in [0, 0.1) is 22.9 Å². The summed E-state index contributed by atoms with van der Waals surface area (Å²) in [5.41, 5.74) is -1.09. The minimum atomic E-state index is -4.69. The summed E-state index contributed by atoms with van der Waals surface area (Å²) in [6, 6.07) is 0.0576. The fourth-order valence-electron chi connectivity index (χ4n) is 3.48. The van der Waals surface area contributed by atoms with Crippen molar-refractivity contribution in [2.45, 2.75) is 58.9 Å². The smallest absolute Gasteiger partial charge is 0.352 e. The number of rotatable bonds is 5.